The molecule has 0 spiro atoms. The Morgan fingerprint density at radius 3 is 2.36 bits per heavy atom. The number of carboxylic acid groups (broad SMARTS) is 1. The number of carbonyl (C=O) groups excluding carboxylic acids is 1. The molecule has 0 radical (unpaired) electrons. The van der Waals surface area contributed by atoms with E-state index >= 15 is 0 Å². The number of rotatable bonds is 7. The third-order valence-electron chi connectivity index (χ3n) is 5.57. The van der Waals surface area contributed by atoms with Gasteiger partial charge in [-0.15, -0.1) is 0 Å². The first-order chi connectivity index (χ1) is 13.5. The first-order valence-electron chi connectivity index (χ1n) is 10.1. The second-order valence-electron chi connectivity index (χ2n) is 7.52. The lowest BCUT2D eigenvalue weighted by atomic mass is 9.96. The molecule has 0 aliphatic carbocycles. The summed E-state index contributed by atoms with van der Waals surface area (Å²) in [7, 11) is 0. The molecule has 28 heavy (non-hydrogen) atoms. The lowest BCUT2D eigenvalue weighted by Crippen LogP contribution is -2.50. The Kier molecular flexibility index (Phi) is 7.22. The van der Waals surface area contributed by atoms with Crippen molar-refractivity contribution in [2.75, 3.05) is 63.9 Å². The predicted octanol–water partition coefficient (Wildman–Crippen LogP) is 1.18. The Labute approximate surface area is 166 Å². The van der Waals surface area contributed by atoms with Crippen LogP contribution in [0.1, 0.15) is 30.1 Å². The van der Waals surface area contributed by atoms with Gasteiger partial charge in [-0.25, -0.2) is 9.78 Å². The molecule has 1 N–H and O–H groups in total. The van der Waals surface area contributed by atoms with Crippen molar-refractivity contribution in [3.63, 3.8) is 0 Å². The Morgan fingerprint density at radius 2 is 1.79 bits per heavy atom. The highest BCUT2D eigenvalue weighted by atomic mass is 16.5. The molecule has 1 aromatic heterocycles. The third-order valence-corrected chi connectivity index (χ3v) is 5.57. The second-order valence-corrected chi connectivity index (χ2v) is 7.52. The fraction of sp³-hybridized carbons (Fsp3) is 0.650. The van der Waals surface area contributed by atoms with Crippen LogP contribution in [-0.4, -0.2) is 90.8 Å². The topological polar surface area (TPSA) is 86.2 Å². The van der Waals surface area contributed by atoms with Crippen molar-refractivity contribution in [3.05, 3.63) is 23.9 Å². The summed E-state index contributed by atoms with van der Waals surface area (Å²) in [5.41, 5.74) is 0.223. The van der Waals surface area contributed by atoms with Crippen LogP contribution in [0.4, 0.5) is 5.82 Å². The van der Waals surface area contributed by atoms with Crippen molar-refractivity contribution < 1.29 is 19.4 Å². The van der Waals surface area contributed by atoms with Gasteiger partial charge < -0.3 is 19.6 Å². The molecule has 2 aliphatic heterocycles. The van der Waals surface area contributed by atoms with Crippen molar-refractivity contribution in [1.82, 2.24) is 14.8 Å². The quantitative estimate of drug-likeness (QED) is 0.695. The molecule has 0 amide bonds. The maximum Gasteiger partial charge on any atom is 0.337 e. The molecule has 154 valence electrons. The molecule has 2 fully saturated rings. The van der Waals surface area contributed by atoms with E-state index in [0.29, 0.717) is 19.1 Å². The number of anilines is 1. The fourth-order valence-electron chi connectivity index (χ4n) is 3.93. The molecule has 3 heterocycles. The van der Waals surface area contributed by atoms with E-state index in [1.54, 1.807) is 12.1 Å². The number of pyridine rings is 1. The molecule has 1 aromatic rings. The van der Waals surface area contributed by atoms with Crippen LogP contribution < -0.4 is 4.90 Å². The van der Waals surface area contributed by atoms with Gasteiger partial charge in [-0.05, 0) is 37.8 Å². The highest BCUT2D eigenvalue weighted by Gasteiger charge is 2.25. The molecule has 0 saturated carbocycles. The van der Waals surface area contributed by atoms with Crippen LogP contribution in [0.2, 0.25) is 0 Å². The maximum atomic E-state index is 11.6. The lowest BCUT2D eigenvalue weighted by molar-refractivity contribution is -0.144. The average Bonchev–Trinajstić information content (AvgIpc) is 2.70. The molecule has 0 atom stereocenters. The highest BCUT2D eigenvalue weighted by Crippen LogP contribution is 2.23. The van der Waals surface area contributed by atoms with Crippen molar-refractivity contribution in [1.29, 1.82) is 0 Å². The van der Waals surface area contributed by atoms with E-state index in [9.17, 15) is 9.59 Å². The van der Waals surface area contributed by atoms with E-state index < -0.39 is 5.97 Å². The van der Waals surface area contributed by atoms with E-state index in [1.165, 1.54) is 6.20 Å². The van der Waals surface area contributed by atoms with Gasteiger partial charge in [-0.3, -0.25) is 9.69 Å². The summed E-state index contributed by atoms with van der Waals surface area (Å²) in [6, 6.07) is 3.42. The van der Waals surface area contributed by atoms with E-state index in [0.717, 1.165) is 64.5 Å². The fourth-order valence-corrected chi connectivity index (χ4v) is 3.93. The van der Waals surface area contributed by atoms with Gasteiger partial charge in [0.15, 0.2) is 0 Å². The minimum atomic E-state index is -0.944. The summed E-state index contributed by atoms with van der Waals surface area (Å²) < 4.78 is 5.02. The Hall–Kier alpha value is -2.19. The minimum Gasteiger partial charge on any atom is -0.478 e. The first-order valence-corrected chi connectivity index (χ1v) is 10.1. The van der Waals surface area contributed by atoms with Crippen LogP contribution in [-0.2, 0) is 9.53 Å². The number of carbonyl (C=O) groups is 2. The van der Waals surface area contributed by atoms with E-state index in [2.05, 4.69) is 19.7 Å². The Bertz CT molecular complexity index is 651. The molecule has 0 aromatic carbocycles. The number of hydrogen-bond donors (Lipinski definition) is 1. The number of aromatic carboxylic acids is 1. The summed E-state index contributed by atoms with van der Waals surface area (Å²) in [5, 5.41) is 8.98. The molecule has 2 saturated heterocycles. The highest BCUT2D eigenvalue weighted by molar-refractivity contribution is 5.87. The molecule has 8 nitrogen and oxygen atoms in total. The SMILES string of the molecule is CCOC(=O)CN1CCN(CC2CCN(c3ccc(C(=O)O)cn3)CC2)CC1. The van der Waals surface area contributed by atoms with Gasteiger partial charge in [0.2, 0.25) is 0 Å². The second kappa shape index (κ2) is 9.84. The number of aromatic nitrogens is 1. The van der Waals surface area contributed by atoms with Gasteiger partial charge in [-0.2, -0.15) is 0 Å². The lowest BCUT2D eigenvalue weighted by Gasteiger charge is -2.38. The normalized spacial score (nSPS) is 19.5. The zero-order chi connectivity index (χ0) is 19.9. The summed E-state index contributed by atoms with van der Waals surface area (Å²) in [6.07, 6.45) is 3.66. The third kappa shape index (κ3) is 5.65. The Balaban J connectivity index is 1.38. The van der Waals surface area contributed by atoms with Gasteiger partial charge in [0, 0.05) is 52.0 Å². The smallest absolute Gasteiger partial charge is 0.337 e. The van der Waals surface area contributed by atoms with Crippen LogP contribution in [0.25, 0.3) is 0 Å². The van der Waals surface area contributed by atoms with Crippen molar-refractivity contribution >= 4 is 17.8 Å². The molecule has 2 aliphatic rings. The minimum absolute atomic E-state index is 0.131. The number of carboxylic acids is 1. The summed E-state index contributed by atoms with van der Waals surface area (Å²) in [4.78, 5) is 33.7. The molecule has 0 bridgehead atoms. The van der Waals surface area contributed by atoms with E-state index in [-0.39, 0.29) is 11.5 Å². The zero-order valence-electron chi connectivity index (χ0n) is 16.5. The van der Waals surface area contributed by atoms with Crippen molar-refractivity contribution in [2.45, 2.75) is 19.8 Å². The van der Waals surface area contributed by atoms with Gasteiger partial charge in [0.1, 0.15) is 5.82 Å². The molecule has 8 heteroatoms. The van der Waals surface area contributed by atoms with Crippen LogP contribution in [0.5, 0.6) is 0 Å². The maximum absolute atomic E-state index is 11.6. The van der Waals surface area contributed by atoms with Gasteiger partial charge in [-0.1, -0.05) is 0 Å². The van der Waals surface area contributed by atoms with E-state index in [4.69, 9.17) is 9.84 Å². The number of esters is 1. The number of piperidine rings is 1. The Morgan fingerprint density at radius 1 is 1.11 bits per heavy atom. The standard InChI is InChI=1S/C20H30N4O4/c1-2-28-19(25)15-23-11-9-22(10-12-23)14-16-5-7-24(8-6-16)18-4-3-17(13-21-18)20(26)27/h3-4,13,16H,2,5-12,14-15H2,1H3,(H,26,27). The van der Waals surface area contributed by atoms with Crippen LogP contribution in [0.3, 0.4) is 0 Å². The van der Waals surface area contributed by atoms with Crippen LogP contribution in [0.15, 0.2) is 18.3 Å². The summed E-state index contributed by atoms with van der Waals surface area (Å²) in [5.74, 6) is 0.454. The molecule has 3 rings (SSSR count). The van der Waals surface area contributed by atoms with Gasteiger partial charge >= 0.3 is 11.9 Å². The first kappa shape index (κ1) is 20.5. The molecular weight excluding hydrogens is 360 g/mol. The predicted molar refractivity (Wildman–Crippen MR) is 106 cm³/mol. The van der Waals surface area contributed by atoms with Crippen LogP contribution >= 0.6 is 0 Å². The molecule has 0 unspecified atom stereocenters. The van der Waals surface area contributed by atoms with Crippen LogP contribution in [0, 0.1) is 5.92 Å². The van der Waals surface area contributed by atoms with Crippen molar-refractivity contribution in [2.24, 2.45) is 5.92 Å². The largest absolute Gasteiger partial charge is 0.478 e. The van der Waals surface area contributed by atoms with E-state index in [1.807, 2.05) is 6.92 Å². The van der Waals surface area contributed by atoms with Gasteiger partial charge in [0.05, 0.1) is 18.7 Å². The zero-order valence-corrected chi connectivity index (χ0v) is 16.5. The number of nitrogens with zero attached hydrogens (tertiary/aromatic N) is 4. The summed E-state index contributed by atoms with van der Waals surface area (Å²) >= 11 is 0. The summed E-state index contributed by atoms with van der Waals surface area (Å²) in [6.45, 7) is 9.50. The number of ether oxygens (including phenoxy) is 1. The molecular formula is C20H30N4O4. The number of piperazine rings is 1. The van der Waals surface area contributed by atoms with Gasteiger partial charge in [0.25, 0.3) is 0 Å². The van der Waals surface area contributed by atoms with Crippen molar-refractivity contribution in [3.8, 4) is 0 Å². The monoisotopic (exact) mass is 390 g/mol. The average molecular weight is 390 g/mol. The number of hydrogen-bond acceptors (Lipinski definition) is 7.